The van der Waals surface area contributed by atoms with Crippen LogP contribution in [-0.4, -0.2) is 11.8 Å². The molecule has 2 rings (SSSR count). The molecule has 2 aromatic rings. The molecule has 0 unspecified atom stereocenters. The van der Waals surface area contributed by atoms with Crippen LogP contribution in [0.3, 0.4) is 0 Å². The van der Waals surface area contributed by atoms with Crippen LogP contribution in [0.15, 0.2) is 60.7 Å². The predicted molar refractivity (Wildman–Crippen MR) is 124 cm³/mol. The maximum Gasteiger partial charge on any atom is 1.00 e. The molecule has 0 aliphatic carbocycles. The van der Waals surface area contributed by atoms with Crippen LogP contribution in [0.4, 0.5) is 47.8 Å². The number of rotatable bonds is 3. The van der Waals surface area contributed by atoms with Gasteiger partial charge in [-0.2, -0.15) is 26.3 Å². The van der Waals surface area contributed by atoms with E-state index < -0.39 is 52.5 Å². The predicted octanol–water partition coefficient (Wildman–Crippen LogP) is 4.33. The number of nitrogens with two attached hydrogens (primary N) is 1. The van der Waals surface area contributed by atoms with Crippen LogP contribution in [-0.2, 0) is 21.9 Å². The van der Waals surface area contributed by atoms with E-state index in [1.165, 1.54) is 13.0 Å². The minimum atomic E-state index is -4.68. The summed E-state index contributed by atoms with van der Waals surface area (Å²) in [6, 6.07) is 4.93. The van der Waals surface area contributed by atoms with Gasteiger partial charge < -0.3 is 12.5 Å². The monoisotopic (exact) mass is 552 g/mol. The Balaban J connectivity index is -0.000000543. The number of benzene rings is 2. The van der Waals surface area contributed by atoms with Crippen molar-refractivity contribution >= 4 is 28.9 Å². The van der Waals surface area contributed by atoms with Gasteiger partial charge >= 0.3 is 41.9 Å². The van der Waals surface area contributed by atoms with Gasteiger partial charge in [0, 0.05) is 16.8 Å². The number of nitrogens with one attached hydrogen (secondary N) is 1. The summed E-state index contributed by atoms with van der Waals surface area (Å²) in [6.07, 6.45) is -9.31. The van der Waals surface area contributed by atoms with Gasteiger partial charge in [-0.05, 0) is 38.1 Å². The normalized spacial score (nSPS) is 9.97. The third kappa shape index (κ3) is 12.5. The van der Waals surface area contributed by atoms with Gasteiger partial charge in [-0.1, -0.05) is 25.3 Å². The molecule has 6 nitrogen and oxygen atoms in total. The molecule has 0 aliphatic heterocycles. The molecule has 0 fully saturated rings. The zero-order chi connectivity index (χ0) is 29.1. The molecule has 38 heavy (non-hydrogen) atoms. The van der Waals surface area contributed by atoms with Crippen LogP contribution in [0, 0.1) is 19.0 Å². The SMILES string of the molecule is C=C(C)C(N)=O.[C-]#[N+]c1ccc(F)cc1C(F)(F)F.[C-]#[N+]c1ccc(NC(=O)C(=C)C)cc1C(F)(F)F.[H-].[Na+]. The molecule has 0 spiro atoms. The van der Waals surface area contributed by atoms with Crippen molar-refractivity contribution in [3.05, 3.63) is 100 Å². The number of alkyl halides is 6. The summed E-state index contributed by atoms with van der Waals surface area (Å²) in [7, 11) is 0. The summed E-state index contributed by atoms with van der Waals surface area (Å²) in [5.41, 5.74) is 1.85. The summed E-state index contributed by atoms with van der Waals surface area (Å²) >= 11 is 0. The first-order valence-corrected chi connectivity index (χ1v) is 9.60. The average molecular weight is 552 g/mol. The van der Waals surface area contributed by atoms with Crippen molar-refractivity contribution in [2.24, 2.45) is 5.73 Å². The topological polar surface area (TPSA) is 80.9 Å². The quantitative estimate of drug-likeness (QED) is 0.257. The second-order valence-electron chi connectivity index (χ2n) is 6.99. The van der Waals surface area contributed by atoms with Crippen molar-refractivity contribution < 1.29 is 71.3 Å². The molecule has 0 aromatic heterocycles. The Labute approximate surface area is 237 Å². The number of carbonyl (C=O) groups excluding carboxylic acids is 2. The van der Waals surface area contributed by atoms with Gasteiger partial charge in [0.1, 0.15) is 5.82 Å². The van der Waals surface area contributed by atoms with Gasteiger partial charge in [-0.25, -0.2) is 14.1 Å². The van der Waals surface area contributed by atoms with Crippen molar-refractivity contribution in [3.63, 3.8) is 0 Å². The molecule has 0 radical (unpaired) electrons. The fraction of sp³-hybridized carbons (Fsp3) is 0.167. The van der Waals surface area contributed by atoms with E-state index in [9.17, 15) is 40.3 Å². The van der Waals surface area contributed by atoms with Crippen LogP contribution in [0.2, 0.25) is 0 Å². The second-order valence-corrected chi connectivity index (χ2v) is 6.99. The van der Waals surface area contributed by atoms with E-state index in [4.69, 9.17) is 18.9 Å². The maximum atomic E-state index is 12.6. The van der Waals surface area contributed by atoms with E-state index in [0.29, 0.717) is 11.6 Å². The maximum absolute atomic E-state index is 12.6. The van der Waals surface area contributed by atoms with E-state index in [2.05, 4.69) is 28.2 Å². The van der Waals surface area contributed by atoms with Gasteiger partial charge in [-0.15, -0.1) is 0 Å². The zero-order valence-corrected chi connectivity index (χ0v) is 22.3. The molecule has 0 saturated carbocycles. The minimum Gasteiger partial charge on any atom is -1.00 e. The average Bonchev–Trinajstić information content (AvgIpc) is 2.78. The summed E-state index contributed by atoms with van der Waals surface area (Å²) in [6.45, 7) is 22.8. The Morgan fingerprint density at radius 1 is 0.868 bits per heavy atom. The second kappa shape index (κ2) is 15.6. The summed E-state index contributed by atoms with van der Waals surface area (Å²) in [4.78, 5) is 26.5. The zero-order valence-electron chi connectivity index (χ0n) is 21.3. The first-order valence-electron chi connectivity index (χ1n) is 9.60. The summed E-state index contributed by atoms with van der Waals surface area (Å²) in [5, 5.41) is 2.26. The van der Waals surface area contributed by atoms with Gasteiger partial charge in [0.25, 0.3) is 5.91 Å². The molecular weight excluding hydrogens is 532 g/mol. The van der Waals surface area contributed by atoms with E-state index >= 15 is 0 Å². The first-order chi connectivity index (χ1) is 16.8. The van der Waals surface area contributed by atoms with Crippen LogP contribution in [0.1, 0.15) is 26.4 Å². The Hall–Kier alpha value is -3.65. The largest absolute Gasteiger partial charge is 1.00 e. The van der Waals surface area contributed by atoms with Gasteiger partial charge in [0.15, 0.2) is 11.4 Å². The van der Waals surface area contributed by atoms with Crippen molar-refractivity contribution in [1.82, 2.24) is 0 Å². The van der Waals surface area contributed by atoms with E-state index in [-0.39, 0.29) is 42.2 Å². The number of anilines is 1. The smallest absolute Gasteiger partial charge is 1.00 e. The van der Waals surface area contributed by atoms with Crippen LogP contribution < -0.4 is 40.6 Å². The fourth-order valence-corrected chi connectivity index (χ4v) is 2.01. The first kappa shape index (κ1) is 36.5. The molecular formula is C24H20F7N4NaO2. The molecule has 14 heteroatoms. The standard InChI is InChI=1S/C12H9F3N2O.C8H3F4N.C4H7NO.Na.H/c1-7(2)11(18)17-8-4-5-10(16-3)9(6-8)12(13,14)15;1-13-7-3-2-5(9)4-6(7)8(10,11)12;1-3(2)4(5)6;;/h4-6H,1H2,2H3,(H,17,18);2-4H;1H2,2H3,(H2,5,6);;/q;;;+1;-1. The van der Waals surface area contributed by atoms with Gasteiger partial charge in [0.2, 0.25) is 5.91 Å². The van der Waals surface area contributed by atoms with Crippen LogP contribution >= 0.6 is 0 Å². The number of amides is 2. The Morgan fingerprint density at radius 2 is 1.26 bits per heavy atom. The molecule has 3 N–H and O–H groups in total. The molecule has 0 aliphatic rings. The minimum absolute atomic E-state index is 0. The summed E-state index contributed by atoms with van der Waals surface area (Å²) in [5.74, 6) is -2.01. The van der Waals surface area contributed by atoms with Crippen LogP contribution in [0.25, 0.3) is 9.69 Å². The fourth-order valence-electron chi connectivity index (χ4n) is 2.01. The number of primary amides is 1. The van der Waals surface area contributed by atoms with Gasteiger partial charge in [0.05, 0.1) is 24.3 Å². The third-order valence-corrected chi connectivity index (χ3v) is 3.87. The Kier molecular flexibility index (Phi) is 15.0. The van der Waals surface area contributed by atoms with Crippen molar-refractivity contribution in [2.45, 2.75) is 26.2 Å². The van der Waals surface area contributed by atoms with Gasteiger partial charge in [-0.3, -0.25) is 9.59 Å². The van der Waals surface area contributed by atoms with E-state index in [1.807, 2.05) is 0 Å². The molecule has 0 atom stereocenters. The molecule has 2 aromatic carbocycles. The molecule has 0 bridgehead atoms. The van der Waals surface area contributed by atoms with E-state index in [0.717, 1.165) is 24.3 Å². The Morgan fingerprint density at radius 3 is 1.61 bits per heavy atom. The van der Waals surface area contributed by atoms with Crippen molar-refractivity contribution in [1.29, 1.82) is 0 Å². The van der Waals surface area contributed by atoms with Crippen LogP contribution in [0.5, 0.6) is 0 Å². The Bertz CT molecular complexity index is 1270. The molecule has 0 heterocycles. The number of carbonyl (C=O) groups is 2. The third-order valence-electron chi connectivity index (χ3n) is 3.87. The number of hydrogen-bond acceptors (Lipinski definition) is 2. The summed E-state index contributed by atoms with van der Waals surface area (Å²) < 4.78 is 86.6. The number of hydrogen-bond donors (Lipinski definition) is 2. The van der Waals surface area contributed by atoms with Crippen molar-refractivity contribution in [3.8, 4) is 0 Å². The molecule has 2 amide bonds. The molecule has 198 valence electrons. The molecule has 0 saturated heterocycles. The number of halogens is 7. The van der Waals surface area contributed by atoms with Crippen molar-refractivity contribution in [2.75, 3.05) is 5.32 Å². The number of nitrogens with zero attached hydrogens (tertiary/aromatic N) is 2. The van der Waals surface area contributed by atoms with E-state index in [1.54, 1.807) is 6.92 Å².